The van der Waals surface area contributed by atoms with Crippen molar-refractivity contribution in [1.82, 2.24) is 10.6 Å². The topological polar surface area (TPSA) is 63.5 Å². The lowest BCUT2D eigenvalue weighted by Crippen LogP contribution is -2.48. The van der Waals surface area contributed by atoms with E-state index in [0.29, 0.717) is 12.3 Å². The standard InChI is InChI=1S/C15H18N2O3/c1-19-12-2-3-13-11(9-20-14(13)5-12)4-15(18)17-8-10-6-16-7-10/h2-3,5,9-10,16H,4,6-8H2,1H3,(H,17,18). The van der Waals surface area contributed by atoms with E-state index in [2.05, 4.69) is 10.6 Å². The number of fused-ring (bicyclic) bond motifs is 1. The fourth-order valence-electron chi connectivity index (χ4n) is 2.31. The van der Waals surface area contributed by atoms with Crippen molar-refractivity contribution >= 4 is 16.9 Å². The van der Waals surface area contributed by atoms with Gasteiger partial charge in [0, 0.05) is 42.6 Å². The molecule has 1 amide bonds. The number of hydrogen-bond donors (Lipinski definition) is 2. The molecule has 106 valence electrons. The van der Waals surface area contributed by atoms with Crippen LogP contribution in [0.25, 0.3) is 11.0 Å². The summed E-state index contributed by atoms with van der Waals surface area (Å²) in [6, 6.07) is 5.63. The molecule has 1 aliphatic heterocycles. The number of furan rings is 1. The summed E-state index contributed by atoms with van der Waals surface area (Å²) < 4.78 is 10.6. The molecular formula is C15H18N2O3. The van der Waals surface area contributed by atoms with Gasteiger partial charge in [0.25, 0.3) is 0 Å². The van der Waals surface area contributed by atoms with Crippen molar-refractivity contribution in [3.8, 4) is 5.75 Å². The Morgan fingerprint density at radius 1 is 1.50 bits per heavy atom. The Morgan fingerprint density at radius 2 is 2.35 bits per heavy atom. The Labute approximate surface area is 117 Å². The van der Waals surface area contributed by atoms with Crippen molar-refractivity contribution in [3.05, 3.63) is 30.0 Å². The van der Waals surface area contributed by atoms with E-state index >= 15 is 0 Å². The summed E-state index contributed by atoms with van der Waals surface area (Å²) >= 11 is 0. The number of hydrogen-bond acceptors (Lipinski definition) is 4. The predicted octanol–water partition coefficient (Wildman–Crippen LogP) is 1.32. The van der Waals surface area contributed by atoms with Gasteiger partial charge < -0.3 is 19.8 Å². The lowest BCUT2D eigenvalue weighted by Gasteiger charge is -2.27. The normalized spacial score (nSPS) is 15.1. The van der Waals surface area contributed by atoms with Gasteiger partial charge in [-0.25, -0.2) is 0 Å². The van der Waals surface area contributed by atoms with E-state index in [4.69, 9.17) is 9.15 Å². The van der Waals surface area contributed by atoms with Crippen LogP contribution in [0.3, 0.4) is 0 Å². The second kappa shape index (κ2) is 5.54. The molecule has 0 radical (unpaired) electrons. The zero-order valence-electron chi connectivity index (χ0n) is 11.4. The van der Waals surface area contributed by atoms with Gasteiger partial charge in [0.05, 0.1) is 19.8 Å². The third-order valence-corrected chi connectivity index (χ3v) is 3.67. The van der Waals surface area contributed by atoms with Crippen LogP contribution in [0.1, 0.15) is 5.56 Å². The Morgan fingerprint density at radius 3 is 3.05 bits per heavy atom. The van der Waals surface area contributed by atoms with Gasteiger partial charge in [0.1, 0.15) is 11.3 Å². The molecule has 5 nitrogen and oxygen atoms in total. The SMILES string of the molecule is COc1ccc2c(CC(=O)NCC3CNC3)coc2c1. The summed E-state index contributed by atoms with van der Waals surface area (Å²) in [7, 11) is 1.62. The minimum atomic E-state index is 0.0374. The Hall–Kier alpha value is -2.01. The molecular weight excluding hydrogens is 256 g/mol. The number of ether oxygens (including phenoxy) is 1. The molecule has 1 aromatic carbocycles. The summed E-state index contributed by atoms with van der Waals surface area (Å²) in [6.07, 6.45) is 1.99. The lowest BCUT2D eigenvalue weighted by molar-refractivity contribution is -0.120. The molecule has 0 unspecified atom stereocenters. The zero-order chi connectivity index (χ0) is 13.9. The van der Waals surface area contributed by atoms with E-state index in [0.717, 1.165) is 41.9 Å². The van der Waals surface area contributed by atoms with Crippen LogP contribution in [0.2, 0.25) is 0 Å². The molecule has 0 saturated carbocycles. The van der Waals surface area contributed by atoms with Crippen molar-refractivity contribution in [2.45, 2.75) is 6.42 Å². The fourth-order valence-corrected chi connectivity index (χ4v) is 2.31. The molecule has 2 aromatic rings. The van der Waals surface area contributed by atoms with Crippen molar-refractivity contribution in [2.75, 3.05) is 26.7 Å². The minimum Gasteiger partial charge on any atom is -0.497 e. The van der Waals surface area contributed by atoms with E-state index in [1.54, 1.807) is 13.4 Å². The second-order valence-electron chi connectivity index (χ2n) is 5.13. The second-order valence-corrected chi connectivity index (χ2v) is 5.13. The number of carbonyl (C=O) groups excluding carboxylic acids is 1. The van der Waals surface area contributed by atoms with Crippen LogP contribution in [-0.4, -0.2) is 32.7 Å². The van der Waals surface area contributed by atoms with Crippen LogP contribution in [0.15, 0.2) is 28.9 Å². The molecule has 1 aliphatic rings. The van der Waals surface area contributed by atoms with Gasteiger partial charge >= 0.3 is 0 Å². The summed E-state index contributed by atoms with van der Waals surface area (Å²) in [5.41, 5.74) is 1.65. The Bertz CT molecular complexity index is 617. The molecule has 20 heavy (non-hydrogen) atoms. The average Bonchev–Trinajstić information content (AvgIpc) is 2.79. The van der Waals surface area contributed by atoms with Crippen LogP contribution in [-0.2, 0) is 11.2 Å². The number of methoxy groups -OCH3 is 1. The number of benzene rings is 1. The highest BCUT2D eigenvalue weighted by atomic mass is 16.5. The number of carbonyl (C=O) groups is 1. The van der Waals surface area contributed by atoms with Gasteiger partial charge in [0.15, 0.2) is 0 Å². The van der Waals surface area contributed by atoms with Crippen LogP contribution in [0.4, 0.5) is 0 Å². The van der Waals surface area contributed by atoms with E-state index in [-0.39, 0.29) is 5.91 Å². The Balaban J connectivity index is 1.65. The van der Waals surface area contributed by atoms with E-state index in [9.17, 15) is 4.79 Å². The summed E-state index contributed by atoms with van der Waals surface area (Å²) in [5.74, 6) is 1.36. The lowest BCUT2D eigenvalue weighted by atomic mass is 10.0. The van der Waals surface area contributed by atoms with Gasteiger partial charge in [-0.3, -0.25) is 4.79 Å². The third-order valence-electron chi connectivity index (χ3n) is 3.67. The maximum absolute atomic E-state index is 11.9. The van der Waals surface area contributed by atoms with Crippen molar-refractivity contribution in [3.63, 3.8) is 0 Å². The first-order valence-electron chi connectivity index (χ1n) is 6.78. The zero-order valence-corrected chi connectivity index (χ0v) is 11.4. The smallest absolute Gasteiger partial charge is 0.224 e. The summed E-state index contributed by atoms with van der Waals surface area (Å²) in [5, 5.41) is 7.12. The maximum Gasteiger partial charge on any atom is 0.224 e. The van der Waals surface area contributed by atoms with Gasteiger partial charge in [-0.05, 0) is 12.1 Å². The van der Waals surface area contributed by atoms with Crippen LogP contribution in [0.5, 0.6) is 5.75 Å². The van der Waals surface area contributed by atoms with Crippen molar-refractivity contribution in [1.29, 1.82) is 0 Å². The molecule has 1 fully saturated rings. The predicted molar refractivity (Wildman–Crippen MR) is 75.8 cm³/mol. The number of nitrogens with one attached hydrogen (secondary N) is 2. The molecule has 1 saturated heterocycles. The minimum absolute atomic E-state index is 0.0374. The summed E-state index contributed by atoms with van der Waals surface area (Å²) in [6.45, 7) is 2.73. The highest BCUT2D eigenvalue weighted by molar-refractivity contribution is 5.88. The number of rotatable bonds is 5. The van der Waals surface area contributed by atoms with Gasteiger partial charge in [-0.2, -0.15) is 0 Å². The highest BCUT2D eigenvalue weighted by Gasteiger charge is 2.18. The van der Waals surface area contributed by atoms with Gasteiger partial charge in [-0.15, -0.1) is 0 Å². The molecule has 2 heterocycles. The average molecular weight is 274 g/mol. The molecule has 0 bridgehead atoms. The van der Waals surface area contributed by atoms with Gasteiger partial charge in [-0.1, -0.05) is 0 Å². The molecule has 0 atom stereocenters. The van der Waals surface area contributed by atoms with Crippen LogP contribution < -0.4 is 15.4 Å². The molecule has 2 N–H and O–H groups in total. The number of amides is 1. The fraction of sp³-hybridized carbons (Fsp3) is 0.400. The van der Waals surface area contributed by atoms with E-state index in [1.165, 1.54) is 0 Å². The van der Waals surface area contributed by atoms with E-state index in [1.807, 2.05) is 18.2 Å². The first-order chi connectivity index (χ1) is 9.76. The van der Waals surface area contributed by atoms with Crippen LogP contribution >= 0.6 is 0 Å². The molecule has 0 aliphatic carbocycles. The third kappa shape index (κ3) is 2.63. The van der Waals surface area contributed by atoms with Gasteiger partial charge in [0.2, 0.25) is 5.91 Å². The van der Waals surface area contributed by atoms with Crippen molar-refractivity contribution < 1.29 is 13.9 Å². The quantitative estimate of drug-likeness (QED) is 0.863. The first-order valence-corrected chi connectivity index (χ1v) is 6.78. The monoisotopic (exact) mass is 274 g/mol. The molecule has 5 heteroatoms. The molecule has 3 rings (SSSR count). The van der Waals surface area contributed by atoms with Crippen molar-refractivity contribution in [2.24, 2.45) is 5.92 Å². The van der Waals surface area contributed by atoms with Crippen LogP contribution in [0, 0.1) is 5.92 Å². The summed E-state index contributed by atoms with van der Waals surface area (Å²) in [4.78, 5) is 11.9. The molecule has 1 aromatic heterocycles. The maximum atomic E-state index is 11.9. The van der Waals surface area contributed by atoms with E-state index < -0.39 is 0 Å². The molecule has 0 spiro atoms. The Kier molecular flexibility index (Phi) is 3.60. The highest BCUT2D eigenvalue weighted by Crippen LogP contribution is 2.25. The first kappa shape index (κ1) is 13.0. The largest absolute Gasteiger partial charge is 0.497 e.